The molecule has 1 amide bonds. The van der Waals surface area contributed by atoms with E-state index in [-0.39, 0.29) is 11.5 Å². The largest absolute Gasteiger partial charge is 0.466 e. The summed E-state index contributed by atoms with van der Waals surface area (Å²) in [5.41, 5.74) is 0.139. The predicted octanol–water partition coefficient (Wildman–Crippen LogP) is 3.06. The first-order valence-corrected chi connectivity index (χ1v) is 8.35. The summed E-state index contributed by atoms with van der Waals surface area (Å²) in [7, 11) is 2.80. The molecule has 0 bridgehead atoms. The molecule has 1 aliphatic rings. The topological polar surface area (TPSA) is 64.6 Å². The third kappa shape index (κ3) is 3.36. The minimum atomic E-state index is -1.29. The lowest BCUT2D eigenvalue weighted by Gasteiger charge is -2.30. The van der Waals surface area contributed by atoms with Crippen LogP contribution in [-0.4, -0.2) is 26.1 Å². The molecule has 130 valence electrons. The van der Waals surface area contributed by atoms with Crippen molar-refractivity contribution in [3.05, 3.63) is 47.0 Å². The summed E-state index contributed by atoms with van der Waals surface area (Å²) >= 11 is 0. The van der Waals surface area contributed by atoms with E-state index in [0.29, 0.717) is 17.6 Å². The Morgan fingerprint density at radius 3 is 2.42 bits per heavy atom. The molecule has 0 aromatic heterocycles. The zero-order valence-electron chi connectivity index (χ0n) is 14.6. The summed E-state index contributed by atoms with van der Waals surface area (Å²) in [4.78, 5) is 25.0. The van der Waals surface area contributed by atoms with Crippen molar-refractivity contribution in [3.63, 3.8) is 0 Å². The number of carbonyl (C=O) groups excluding carboxylic acids is 2. The first-order valence-electron chi connectivity index (χ1n) is 8.35. The van der Waals surface area contributed by atoms with Crippen LogP contribution in [0.4, 0.5) is 0 Å². The van der Waals surface area contributed by atoms with Gasteiger partial charge in [0.05, 0.1) is 7.11 Å². The SMILES string of the molecule is CCCCCCC1=C(C(=O)OC)C(OC)(c2ccccc2)NC1=O. The van der Waals surface area contributed by atoms with E-state index in [1.165, 1.54) is 14.2 Å². The van der Waals surface area contributed by atoms with Crippen LogP contribution < -0.4 is 5.32 Å². The second-order valence-corrected chi connectivity index (χ2v) is 5.86. The summed E-state index contributed by atoms with van der Waals surface area (Å²) in [5.74, 6) is -0.804. The van der Waals surface area contributed by atoms with E-state index in [2.05, 4.69) is 12.2 Å². The minimum Gasteiger partial charge on any atom is -0.466 e. The highest BCUT2D eigenvalue weighted by Crippen LogP contribution is 2.39. The van der Waals surface area contributed by atoms with Gasteiger partial charge in [0, 0.05) is 18.2 Å². The molecule has 0 saturated heterocycles. The third-order valence-electron chi connectivity index (χ3n) is 4.37. The molecule has 0 radical (unpaired) electrons. The molecule has 1 aliphatic heterocycles. The Bertz CT molecular complexity index is 624. The molecule has 1 heterocycles. The van der Waals surface area contributed by atoms with Crippen molar-refractivity contribution in [1.82, 2.24) is 5.32 Å². The van der Waals surface area contributed by atoms with Crippen molar-refractivity contribution >= 4 is 11.9 Å². The molecule has 1 unspecified atom stereocenters. The standard InChI is InChI=1S/C19H25NO4/c1-4-5-6-10-13-15-16(18(22)23-2)19(24-3,20-17(15)21)14-11-8-7-9-12-14/h7-9,11-12H,4-6,10,13H2,1-3H3,(H,20,21). The fraction of sp³-hybridized carbons (Fsp3) is 0.474. The number of hydrogen-bond donors (Lipinski definition) is 1. The fourth-order valence-electron chi connectivity index (χ4n) is 3.12. The Hall–Kier alpha value is -2.14. The number of carbonyl (C=O) groups is 2. The van der Waals surface area contributed by atoms with Crippen LogP contribution in [-0.2, 0) is 24.8 Å². The van der Waals surface area contributed by atoms with Gasteiger partial charge in [0.2, 0.25) is 5.72 Å². The molecule has 1 atom stereocenters. The first-order chi connectivity index (χ1) is 11.6. The van der Waals surface area contributed by atoms with Gasteiger partial charge in [-0.2, -0.15) is 0 Å². The van der Waals surface area contributed by atoms with Crippen LogP contribution in [0, 0.1) is 0 Å². The number of amides is 1. The second-order valence-electron chi connectivity index (χ2n) is 5.86. The van der Waals surface area contributed by atoms with E-state index in [4.69, 9.17) is 9.47 Å². The Morgan fingerprint density at radius 1 is 1.12 bits per heavy atom. The molecule has 1 aromatic carbocycles. The zero-order valence-corrected chi connectivity index (χ0v) is 14.6. The van der Waals surface area contributed by atoms with E-state index in [1.54, 1.807) is 0 Å². The van der Waals surface area contributed by atoms with Gasteiger partial charge in [0.25, 0.3) is 5.91 Å². The maximum atomic E-state index is 12.6. The van der Waals surface area contributed by atoms with Gasteiger partial charge in [-0.25, -0.2) is 4.79 Å². The van der Waals surface area contributed by atoms with Crippen molar-refractivity contribution in [2.24, 2.45) is 0 Å². The Morgan fingerprint density at radius 2 is 1.83 bits per heavy atom. The summed E-state index contributed by atoms with van der Waals surface area (Å²) < 4.78 is 10.6. The molecule has 2 rings (SSSR count). The van der Waals surface area contributed by atoms with Crippen molar-refractivity contribution in [2.75, 3.05) is 14.2 Å². The molecule has 0 aliphatic carbocycles. The number of benzene rings is 1. The van der Waals surface area contributed by atoms with Crippen LogP contribution in [0.25, 0.3) is 0 Å². The van der Waals surface area contributed by atoms with Crippen molar-refractivity contribution in [1.29, 1.82) is 0 Å². The van der Waals surface area contributed by atoms with Gasteiger partial charge in [0.15, 0.2) is 0 Å². The summed E-state index contributed by atoms with van der Waals surface area (Å²) in [6.45, 7) is 2.13. The maximum absolute atomic E-state index is 12.6. The van der Waals surface area contributed by atoms with Crippen molar-refractivity contribution < 1.29 is 19.1 Å². The third-order valence-corrected chi connectivity index (χ3v) is 4.37. The summed E-state index contributed by atoms with van der Waals surface area (Å²) in [5, 5.41) is 2.85. The van der Waals surface area contributed by atoms with E-state index < -0.39 is 11.7 Å². The molecule has 5 nitrogen and oxygen atoms in total. The monoisotopic (exact) mass is 331 g/mol. The normalized spacial score (nSPS) is 20.2. The Balaban J connectivity index is 2.45. The lowest BCUT2D eigenvalue weighted by atomic mass is 9.92. The van der Waals surface area contributed by atoms with Crippen molar-refractivity contribution in [2.45, 2.75) is 44.8 Å². The average molecular weight is 331 g/mol. The highest BCUT2D eigenvalue weighted by Gasteiger charge is 2.50. The molecule has 1 N–H and O–H groups in total. The van der Waals surface area contributed by atoms with Gasteiger partial charge in [-0.3, -0.25) is 4.79 Å². The number of unbranched alkanes of at least 4 members (excludes halogenated alkanes) is 3. The van der Waals surface area contributed by atoms with Gasteiger partial charge >= 0.3 is 5.97 Å². The van der Waals surface area contributed by atoms with Gasteiger partial charge in [-0.05, 0) is 12.8 Å². The van der Waals surface area contributed by atoms with Gasteiger partial charge < -0.3 is 14.8 Å². The van der Waals surface area contributed by atoms with Crippen LogP contribution in [0.2, 0.25) is 0 Å². The molecule has 5 heteroatoms. The van der Waals surface area contributed by atoms with E-state index in [0.717, 1.165) is 25.7 Å². The quantitative estimate of drug-likeness (QED) is 0.587. The molecule has 24 heavy (non-hydrogen) atoms. The number of methoxy groups -OCH3 is 2. The van der Waals surface area contributed by atoms with Gasteiger partial charge in [0.1, 0.15) is 5.57 Å². The first kappa shape index (κ1) is 18.2. The molecular weight excluding hydrogens is 306 g/mol. The average Bonchev–Trinajstić information content (AvgIpc) is 2.91. The summed E-state index contributed by atoms with van der Waals surface area (Å²) in [6, 6.07) is 9.21. The van der Waals surface area contributed by atoms with E-state index in [9.17, 15) is 9.59 Å². The van der Waals surface area contributed by atoms with E-state index >= 15 is 0 Å². The Labute approximate surface area is 143 Å². The lowest BCUT2D eigenvalue weighted by Crippen LogP contribution is -2.45. The maximum Gasteiger partial charge on any atom is 0.339 e. The number of rotatable bonds is 8. The number of hydrogen-bond acceptors (Lipinski definition) is 4. The van der Waals surface area contributed by atoms with Crippen LogP contribution in [0.15, 0.2) is 41.5 Å². The Kier molecular flexibility index (Phi) is 6.15. The minimum absolute atomic E-state index is 0.264. The van der Waals surface area contributed by atoms with Crippen LogP contribution in [0.5, 0.6) is 0 Å². The number of esters is 1. The molecular formula is C19H25NO4. The van der Waals surface area contributed by atoms with Crippen molar-refractivity contribution in [3.8, 4) is 0 Å². The van der Waals surface area contributed by atoms with Gasteiger partial charge in [-0.15, -0.1) is 0 Å². The number of ether oxygens (including phenoxy) is 2. The number of nitrogens with one attached hydrogen (secondary N) is 1. The van der Waals surface area contributed by atoms with E-state index in [1.807, 2.05) is 30.3 Å². The fourth-order valence-corrected chi connectivity index (χ4v) is 3.12. The predicted molar refractivity (Wildman–Crippen MR) is 91.1 cm³/mol. The smallest absolute Gasteiger partial charge is 0.339 e. The molecule has 0 fully saturated rings. The lowest BCUT2D eigenvalue weighted by molar-refractivity contribution is -0.140. The highest BCUT2D eigenvalue weighted by molar-refractivity contribution is 6.08. The zero-order chi connectivity index (χ0) is 17.6. The van der Waals surface area contributed by atoms with Crippen LogP contribution >= 0.6 is 0 Å². The molecule has 0 spiro atoms. The van der Waals surface area contributed by atoms with Crippen LogP contribution in [0.3, 0.4) is 0 Å². The highest BCUT2D eigenvalue weighted by atomic mass is 16.5. The molecule has 0 saturated carbocycles. The molecule has 1 aromatic rings. The summed E-state index contributed by atoms with van der Waals surface area (Å²) in [6.07, 6.45) is 4.63. The van der Waals surface area contributed by atoms with Gasteiger partial charge in [-0.1, -0.05) is 56.5 Å². The second kappa shape index (κ2) is 8.11. The van der Waals surface area contributed by atoms with Crippen LogP contribution in [0.1, 0.15) is 44.6 Å².